The SMILES string of the molecule is CC/C=C\C/C=C\C/C=C\C/C=C\C/C=C\C/C=C\C/C=C\CCCCCCCCCC(=O)OC(COC(=O)CCCCCCC/C=C\C/C=C\C/C=C\C/C=C\C/C=C\C/C=C\C/C=C\CC)COC(OCC[N+](C)(C)C)C(=O)O. The largest absolute Gasteiger partial charge is 0.477 e. The maximum atomic E-state index is 12.9. The fourth-order valence-corrected chi connectivity index (χ4v) is 7.74. The lowest BCUT2D eigenvalue weighted by Crippen LogP contribution is -2.40. The highest BCUT2D eigenvalue weighted by molar-refractivity contribution is 5.71. The van der Waals surface area contributed by atoms with Crippen molar-refractivity contribution in [3.8, 4) is 0 Å². The molecule has 2 atom stereocenters. The van der Waals surface area contributed by atoms with Crippen LogP contribution in [0.5, 0.6) is 0 Å². The minimum absolute atomic E-state index is 0.171. The summed E-state index contributed by atoms with van der Waals surface area (Å²) < 4.78 is 22.9. The lowest BCUT2D eigenvalue weighted by atomic mass is 10.1. The third kappa shape index (κ3) is 62.1. The Morgan fingerprint density at radius 3 is 0.988 bits per heavy atom. The second-order valence-electron chi connectivity index (χ2n) is 21.2. The van der Waals surface area contributed by atoms with Gasteiger partial charge >= 0.3 is 17.9 Å². The van der Waals surface area contributed by atoms with Crippen molar-refractivity contribution in [1.82, 2.24) is 0 Å². The third-order valence-corrected chi connectivity index (χ3v) is 12.5. The second-order valence-corrected chi connectivity index (χ2v) is 21.2. The van der Waals surface area contributed by atoms with Gasteiger partial charge in [0.25, 0.3) is 6.29 Å². The maximum absolute atomic E-state index is 12.9. The molecule has 454 valence electrons. The molecule has 0 saturated carbocycles. The fourth-order valence-electron chi connectivity index (χ4n) is 7.74. The van der Waals surface area contributed by atoms with E-state index in [1.165, 1.54) is 19.3 Å². The van der Waals surface area contributed by atoms with Crippen molar-refractivity contribution in [3.05, 3.63) is 170 Å². The van der Waals surface area contributed by atoms with Crippen molar-refractivity contribution in [2.24, 2.45) is 0 Å². The van der Waals surface area contributed by atoms with E-state index in [0.29, 0.717) is 23.9 Å². The molecule has 9 nitrogen and oxygen atoms in total. The van der Waals surface area contributed by atoms with Crippen LogP contribution < -0.4 is 0 Å². The van der Waals surface area contributed by atoms with Crippen LogP contribution in [0.1, 0.15) is 206 Å². The minimum Gasteiger partial charge on any atom is -0.477 e. The van der Waals surface area contributed by atoms with Gasteiger partial charge in [0, 0.05) is 12.8 Å². The van der Waals surface area contributed by atoms with Gasteiger partial charge in [-0.1, -0.05) is 235 Å². The first-order valence-electron chi connectivity index (χ1n) is 31.3. The number of carbonyl (C=O) groups excluding carboxylic acids is 2. The Morgan fingerprint density at radius 1 is 0.370 bits per heavy atom. The van der Waals surface area contributed by atoms with E-state index in [9.17, 15) is 19.5 Å². The molecule has 0 aliphatic rings. The molecule has 0 fully saturated rings. The van der Waals surface area contributed by atoms with Crippen molar-refractivity contribution in [2.45, 2.75) is 219 Å². The molecule has 0 rings (SSSR count). The zero-order chi connectivity index (χ0) is 59.1. The average molecular weight is 1120 g/mol. The summed E-state index contributed by atoms with van der Waals surface area (Å²) in [6.45, 7) is 4.58. The molecule has 81 heavy (non-hydrogen) atoms. The number of nitrogens with zero attached hydrogens (tertiary/aromatic N) is 1. The monoisotopic (exact) mass is 1120 g/mol. The Morgan fingerprint density at radius 2 is 0.667 bits per heavy atom. The summed E-state index contributed by atoms with van der Waals surface area (Å²) in [5.74, 6) is -2.07. The van der Waals surface area contributed by atoms with Crippen LogP contribution in [0.4, 0.5) is 0 Å². The maximum Gasteiger partial charge on any atom is 0.361 e. The van der Waals surface area contributed by atoms with Gasteiger partial charge in [0.1, 0.15) is 13.2 Å². The van der Waals surface area contributed by atoms with Crippen molar-refractivity contribution in [1.29, 1.82) is 0 Å². The Balaban J connectivity index is 4.34. The van der Waals surface area contributed by atoms with Crippen LogP contribution in [0.15, 0.2) is 170 Å². The molecule has 0 heterocycles. The van der Waals surface area contributed by atoms with Gasteiger partial charge in [-0.25, -0.2) is 4.79 Å². The molecule has 0 aromatic heterocycles. The molecule has 0 aromatic carbocycles. The minimum atomic E-state index is -1.53. The molecule has 2 unspecified atom stereocenters. The number of quaternary nitrogens is 1. The quantitative estimate of drug-likeness (QED) is 0.0211. The highest BCUT2D eigenvalue weighted by Gasteiger charge is 2.25. The molecular formula is C72H114NO8+. The fraction of sp³-hybridized carbons (Fsp3) is 0.569. The number of esters is 2. The first-order chi connectivity index (χ1) is 39.6. The van der Waals surface area contributed by atoms with Gasteiger partial charge < -0.3 is 28.5 Å². The van der Waals surface area contributed by atoms with Crippen molar-refractivity contribution in [2.75, 3.05) is 47.5 Å². The summed E-state index contributed by atoms with van der Waals surface area (Å²) in [6, 6.07) is 0. The summed E-state index contributed by atoms with van der Waals surface area (Å²) in [4.78, 5) is 37.5. The van der Waals surface area contributed by atoms with Crippen molar-refractivity contribution in [3.63, 3.8) is 0 Å². The molecule has 0 spiro atoms. The number of carboxylic acids is 1. The van der Waals surface area contributed by atoms with Crippen LogP contribution in [-0.4, -0.2) is 87.4 Å². The summed E-state index contributed by atoms with van der Waals surface area (Å²) in [6.07, 6.45) is 88.6. The van der Waals surface area contributed by atoms with Crippen molar-refractivity contribution < 1.29 is 42.9 Å². The van der Waals surface area contributed by atoms with Crippen LogP contribution in [0, 0.1) is 0 Å². The van der Waals surface area contributed by atoms with Crippen molar-refractivity contribution >= 4 is 17.9 Å². The highest BCUT2D eigenvalue weighted by Crippen LogP contribution is 2.14. The molecule has 0 bridgehead atoms. The number of likely N-dealkylation sites (N-methyl/N-ethyl adjacent to an activating group) is 1. The summed E-state index contributed by atoms with van der Waals surface area (Å²) in [5, 5.41) is 9.73. The predicted molar refractivity (Wildman–Crippen MR) is 345 cm³/mol. The molecule has 1 N–H and O–H groups in total. The molecule has 0 saturated heterocycles. The molecule has 9 heteroatoms. The van der Waals surface area contributed by atoms with Crippen LogP contribution >= 0.6 is 0 Å². The van der Waals surface area contributed by atoms with Crippen LogP contribution in [0.25, 0.3) is 0 Å². The topological polar surface area (TPSA) is 108 Å². The van der Waals surface area contributed by atoms with E-state index >= 15 is 0 Å². The normalized spacial score (nSPS) is 13.9. The number of hydrogen-bond acceptors (Lipinski definition) is 7. The van der Waals surface area contributed by atoms with Gasteiger partial charge in [0.2, 0.25) is 0 Å². The van der Waals surface area contributed by atoms with Gasteiger partial charge in [-0.3, -0.25) is 9.59 Å². The zero-order valence-electron chi connectivity index (χ0n) is 51.6. The van der Waals surface area contributed by atoms with Crippen LogP contribution in [0.2, 0.25) is 0 Å². The predicted octanol–water partition coefficient (Wildman–Crippen LogP) is 19.1. The number of carbonyl (C=O) groups is 3. The molecule has 0 aliphatic heterocycles. The van der Waals surface area contributed by atoms with Gasteiger partial charge in [0.05, 0.1) is 34.4 Å². The Kier molecular flexibility index (Phi) is 56.7. The third-order valence-electron chi connectivity index (χ3n) is 12.5. The summed E-state index contributed by atoms with van der Waals surface area (Å²) in [5.41, 5.74) is 0. The van der Waals surface area contributed by atoms with E-state index in [-0.39, 0.29) is 38.6 Å². The zero-order valence-corrected chi connectivity index (χ0v) is 51.6. The molecule has 0 radical (unpaired) electrons. The van der Waals surface area contributed by atoms with Gasteiger partial charge in [-0.05, 0) is 128 Å². The second kappa shape index (κ2) is 60.7. The number of unbranched alkanes of at least 4 members (excludes halogenated alkanes) is 12. The number of carboxylic acid groups (broad SMARTS) is 1. The number of aliphatic carboxylic acids is 1. The van der Waals surface area contributed by atoms with Crippen LogP contribution in [-0.2, 0) is 33.3 Å². The average Bonchev–Trinajstić information content (AvgIpc) is 3.44. The van der Waals surface area contributed by atoms with Crippen LogP contribution in [0.3, 0.4) is 0 Å². The number of allylic oxidation sites excluding steroid dienone is 28. The Bertz CT molecular complexity index is 1930. The molecule has 0 amide bonds. The van der Waals surface area contributed by atoms with E-state index in [1.807, 2.05) is 21.1 Å². The first kappa shape index (κ1) is 75.7. The lowest BCUT2D eigenvalue weighted by molar-refractivity contribution is -0.870. The molecular weight excluding hydrogens is 1010 g/mol. The van der Waals surface area contributed by atoms with Gasteiger partial charge in [0.15, 0.2) is 6.10 Å². The molecule has 0 aromatic rings. The summed E-state index contributed by atoms with van der Waals surface area (Å²) in [7, 11) is 5.94. The number of ether oxygens (including phenoxy) is 4. The molecule has 0 aliphatic carbocycles. The van der Waals surface area contributed by atoms with Gasteiger partial charge in [-0.15, -0.1) is 0 Å². The van der Waals surface area contributed by atoms with E-state index < -0.39 is 24.3 Å². The lowest BCUT2D eigenvalue weighted by Gasteiger charge is -2.25. The standard InChI is InChI=1S/C72H113NO8/c1-6-8-10-12-14-16-18-20-22-24-26-28-30-32-34-35-37-39-41-43-45-47-49-51-53-55-57-59-61-63-70(75)81-68(67-80-72(71(76)77)78-65-64-73(3,4)5)66-79-69(74)62-60-58-56-54-52-50-48-46-44-42-40-38-36-33-31-29-27-25-23-21-19-17-15-13-11-9-7-2/h8-11,14-17,20-23,26-29,32-34,36-37,39-40,42-43,45-46,48,68,72H,6-7,12-13,18-19,24-25,30-31,35,38,41,44,47,49-67H2,1-5H3/p+1/b10-8-,11-9-,16-14-,17-15-,22-20-,23-21-,28-26-,29-27-,34-32-,36-33-,39-37-,42-40-,45-43-,48-46-. The smallest absolute Gasteiger partial charge is 0.361 e. The van der Waals surface area contributed by atoms with E-state index in [4.69, 9.17) is 18.9 Å². The van der Waals surface area contributed by atoms with E-state index in [0.717, 1.165) is 148 Å². The number of hydrogen-bond donors (Lipinski definition) is 1. The Hall–Kier alpha value is -5.35. The summed E-state index contributed by atoms with van der Waals surface area (Å²) >= 11 is 0. The number of rotatable bonds is 55. The van der Waals surface area contributed by atoms with Gasteiger partial charge in [-0.2, -0.15) is 0 Å². The highest BCUT2D eigenvalue weighted by atomic mass is 16.7. The van der Waals surface area contributed by atoms with E-state index in [1.54, 1.807) is 0 Å². The van der Waals surface area contributed by atoms with E-state index in [2.05, 4.69) is 184 Å². The first-order valence-corrected chi connectivity index (χ1v) is 31.3. The Labute approximate surface area is 495 Å².